The van der Waals surface area contributed by atoms with Crippen LogP contribution in [0, 0.1) is 18.9 Å². The molecule has 2 aliphatic rings. The van der Waals surface area contributed by atoms with Crippen LogP contribution >= 0.6 is 0 Å². The molecule has 1 aromatic carbocycles. The van der Waals surface area contributed by atoms with Crippen LogP contribution in [0.3, 0.4) is 0 Å². The first kappa shape index (κ1) is 37.4. The molecule has 35 heavy (non-hydrogen) atoms. The van der Waals surface area contributed by atoms with Gasteiger partial charge in [-0.25, -0.2) is 0 Å². The summed E-state index contributed by atoms with van der Waals surface area (Å²) in [6.07, 6.45) is 18.8. The Morgan fingerprint density at radius 2 is 1.71 bits per heavy atom. The first-order chi connectivity index (χ1) is 16.4. The van der Waals surface area contributed by atoms with Crippen molar-refractivity contribution in [3.63, 3.8) is 0 Å². The molecule has 1 N–H and O–H groups in total. The fraction of sp³-hybridized carbons (Fsp3) is 0.625. The van der Waals surface area contributed by atoms with Gasteiger partial charge in [-0.05, 0) is 64.5 Å². The molecular formula is C32H55CsN2. The van der Waals surface area contributed by atoms with Gasteiger partial charge in [0.2, 0.25) is 0 Å². The zero-order chi connectivity index (χ0) is 25.6. The van der Waals surface area contributed by atoms with E-state index in [2.05, 4.69) is 68.9 Å². The van der Waals surface area contributed by atoms with Crippen LogP contribution in [0.25, 0.3) is 0 Å². The molecule has 0 aromatic heterocycles. The fourth-order valence-corrected chi connectivity index (χ4v) is 4.44. The summed E-state index contributed by atoms with van der Waals surface area (Å²) in [5.74, 6) is 0.558. The number of nitrogens with one attached hydrogen (secondary N) is 1. The maximum absolute atomic E-state index is 3.88. The average molecular weight is 601 g/mol. The SMILES string of the molecule is C1CCC(N2CCCCC2)CC1.C=CC.C=CCCC(C)C(=C)NC.CCc1c[c-]ccc1C.[Cs+]. The largest absolute Gasteiger partial charge is 1.00 e. The predicted octanol–water partition coefficient (Wildman–Crippen LogP) is 5.68. The van der Waals surface area contributed by atoms with Gasteiger partial charge in [-0.3, -0.25) is 0 Å². The van der Waals surface area contributed by atoms with Gasteiger partial charge in [0.15, 0.2) is 0 Å². The maximum atomic E-state index is 3.88. The van der Waals surface area contributed by atoms with Crippen LogP contribution in [0.5, 0.6) is 0 Å². The molecule has 1 aliphatic carbocycles. The minimum atomic E-state index is 0. The molecule has 1 aromatic rings. The summed E-state index contributed by atoms with van der Waals surface area (Å²) < 4.78 is 0. The Balaban J connectivity index is 0. The van der Waals surface area contributed by atoms with Crippen molar-refractivity contribution in [1.82, 2.24) is 10.2 Å². The molecule has 0 radical (unpaired) electrons. The van der Waals surface area contributed by atoms with Crippen LogP contribution in [0.15, 0.2) is 55.8 Å². The van der Waals surface area contributed by atoms with Gasteiger partial charge in [-0.15, -0.1) is 13.2 Å². The van der Waals surface area contributed by atoms with Crippen molar-refractivity contribution in [1.29, 1.82) is 0 Å². The minimum absolute atomic E-state index is 0. The molecule has 1 aliphatic heterocycles. The molecule has 1 saturated carbocycles. The van der Waals surface area contributed by atoms with E-state index < -0.39 is 0 Å². The normalized spacial score (nSPS) is 16.3. The van der Waals surface area contributed by atoms with Crippen LogP contribution in [0.1, 0.15) is 96.1 Å². The quantitative estimate of drug-likeness (QED) is 0.320. The van der Waals surface area contributed by atoms with Gasteiger partial charge in [-0.1, -0.05) is 71.6 Å². The summed E-state index contributed by atoms with van der Waals surface area (Å²) in [6, 6.07) is 10.1. The van der Waals surface area contributed by atoms with Gasteiger partial charge in [0.1, 0.15) is 0 Å². The number of piperidine rings is 1. The van der Waals surface area contributed by atoms with E-state index in [1.165, 1.54) is 75.6 Å². The summed E-state index contributed by atoms with van der Waals surface area (Å²) in [5, 5.41) is 3.04. The zero-order valence-electron chi connectivity index (χ0n) is 24.3. The number of nitrogens with zero attached hydrogens (tertiary/aromatic N) is 1. The zero-order valence-corrected chi connectivity index (χ0v) is 30.6. The molecule has 0 bridgehead atoms. The van der Waals surface area contributed by atoms with Crippen LogP contribution in [0.4, 0.5) is 0 Å². The van der Waals surface area contributed by atoms with Gasteiger partial charge in [0.05, 0.1) is 0 Å². The summed E-state index contributed by atoms with van der Waals surface area (Å²) in [5.41, 5.74) is 3.88. The third-order valence-corrected chi connectivity index (χ3v) is 6.78. The monoisotopic (exact) mass is 600 g/mol. The number of aryl methyl sites for hydroxylation is 2. The van der Waals surface area contributed by atoms with Gasteiger partial charge in [0.25, 0.3) is 0 Å². The smallest absolute Gasteiger partial charge is 0.392 e. The first-order valence-electron chi connectivity index (χ1n) is 13.7. The van der Waals surface area contributed by atoms with Crippen molar-refractivity contribution in [2.24, 2.45) is 5.92 Å². The Morgan fingerprint density at radius 3 is 2.17 bits per heavy atom. The third-order valence-electron chi connectivity index (χ3n) is 6.78. The Labute approximate surface area is 278 Å². The molecule has 1 heterocycles. The second-order valence-electron chi connectivity index (χ2n) is 9.55. The van der Waals surface area contributed by atoms with E-state index in [1.54, 1.807) is 6.08 Å². The fourth-order valence-electron chi connectivity index (χ4n) is 4.44. The van der Waals surface area contributed by atoms with E-state index in [-0.39, 0.29) is 68.9 Å². The topological polar surface area (TPSA) is 15.3 Å². The molecular weight excluding hydrogens is 545 g/mol. The van der Waals surface area contributed by atoms with E-state index in [0.717, 1.165) is 31.0 Å². The van der Waals surface area contributed by atoms with Gasteiger partial charge >= 0.3 is 68.9 Å². The maximum Gasteiger partial charge on any atom is 1.00 e. The Morgan fingerprint density at radius 1 is 1.14 bits per heavy atom. The molecule has 2 fully saturated rings. The molecule has 2 nitrogen and oxygen atoms in total. The van der Waals surface area contributed by atoms with E-state index in [0.29, 0.717) is 5.92 Å². The number of hydrogen-bond donors (Lipinski definition) is 1. The molecule has 1 unspecified atom stereocenters. The Kier molecular flexibility index (Phi) is 27.7. The van der Waals surface area contributed by atoms with Gasteiger partial charge in [-0.2, -0.15) is 35.4 Å². The Bertz CT molecular complexity index is 627. The number of hydrogen-bond acceptors (Lipinski definition) is 2. The summed E-state index contributed by atoms with van der Waals surface area (Å²) >= 11 is 0. The molecule has 3 heteroatoms. The van der Waals surface area contributed by atoms with Crippen LogP contribution in [-0.2, 0) is 6.42 Å². The van der Waals surface area contributed by atoms with Crippen molar-refractivity contribution in [2.45, 2.75) is 104 Å². The van der Waals surface area contributed by atoms with E-state index in [9.17, 15) is 0 Å². The number of allylic oxidation sites excluding steroid dienone is 3. The van der Waals surface area contributed by atoms with Gasteiger partial charge < -0.3 is 10.2 Å². The van der Waals surface area contributed by atoms with E-state index >= 15 is 0 Å². The van der Waals surface area contributed by atoms with Crippen LogP contribution in [0.2, 0.25) is 0 Å². The number of benzene rings is 1. The van der Waals surface area contributed by atoms with Crippen molar-refractivity contribution in [2.75, 3.05) is 20.1 Å². The third kappa shape index (κ3) is 19.0. The van der Waals surface area contributed by atoms with Crippen LogP contribution in [-0.4, -0.2) is 31.1 Å². The average Bonchev–Trinajstić information content (AvgIpc) is 2.89. The Hall–Kier alpha value is 0.252. The van der Waals surface area contributed by atoms with E-state index in [4.69, 9.17) is 0 Å². The molecule has 0 spiro atoms. The van der Waals surface area contributed by atoms with E-state index in [1.807, 2.05) is 26.1 Å². The van der Waals surface area contributed by atoms with Crippen molar-refractivity contribution in [3.05, 3.63) is 73.0 Å². The molecule has 3 rings (SSSR count). The second-order valence-corrected chi connectivity index (χ2v) is 9.55. The molecule has 1 saturated heterocycles. The molecule has 194 valence electrons. The molecule has 1 atom stereocenters. The van der Waals surface area contributed by atoms with Crippen molar-refractivity contribution < 1.29 is 68.9 Å². The summed E-state index contributed by atoms with van der Waals surface area (Å²) in [6.45, 7) is 22.0. The molecule has 0 amide bonds. The standard InChI is InChI=1S/C11H21N.C9H17N.C9H11.C3H6.Cs/c1-3-7-11(8-4-1)12-9-5-2-6-10-12;1-5-6-7-8(2)9(3)10-4;1-3-9-7-5-4-6-8(9)2;1-3-2;/h11H,1-10H2;5,8,10H,1,3,6-7H2,2,4H3;4,6-7H,3H2,1-2H3;3H,1H2,2H3;/q;;-1;;+1. The van der Waals surface area contributed by atoms with Crippen molar-refractivity contribution >= 4 is 0 Å². The minimum Gasteiger partial charge on any atom is -0.392 e. The second kappa shape index (κ2) is 25.9. The van der Waals surface area contributed by atoms with Crippen LogP contribution < -0.4 is 74.2 Å². The predicted molar refractivity (Wildman–Crippen MR) is 154 cm³/mol. The van der Waals surface area contributed by atoms with Gasteiger partial charge in [0, 0.05) is 18.8 Å². The number of likely N-dealkylation sites (tertiary alicyclic amines) is 1. The first-order valence-corrected chi connectivity index (χ1v) is 13.7. The summed E-state index contributed by atoms with van der Waals surface area (Å²) in [4.78, 5) is 2.75. The number of rotatable bonds is 7. The van der Waals surface area contributed by atoms with Crippen molar-refractivity contribution in [3.8, 4) is 0 Å². The summed E-state index contributed by atoms with van der Waals surface area (Å²) in [7, 11) is 1.91.